The number of likely N-dealkylation sites (N-methyl/N-ethyl adjacent to an activating group) is 2. The average molecular weight is 241 g/mol. The molecular formula is C13H27N3O. The van der Waals surface area contributed by atoms with Crippen LogP contribution in [0.25, 0.3) is 0 Å². The number of hydrogen-bond acceptors (Lipinski definition) is 3. The maximum atomic E-state index is 12.3. The molecule has 1 amide bonds. The fourth-order valence-corrected chi connectivity index (χ4v) is 2.64. The number of carbonyl (C=O) groups excluding carboxylic acids is 1. The van der Waals surface area contributed by atoms with Crippen molar-refractivity contribution in [3.05, 3.63) is 0 Å². The van der Waals surface area contributed by atoms with Crippen molar-refractivity contribution in [3.8, 4) is 0 Å². The molecule has 100 valence electrons. The molecule has 0 saturated carbocycles. The maximum absolute atomic E-state index is 12.3. The number of carbonyl (C=O) groups is 1. The standard InChI is InChI=1S/C13H27N3O/c1-6-14-13(2,3)12(17)16(5)10-11-7-8-15(4)9-11/h11,14H,6-10H2,1-5H3. The van der Waals surface area contributed by atoms with Crippen molar-refractivity contribution >= 4 is 5.91 Å². The molecule has 1 N–H and O–H groups in total. The van der Waals surface area contributed by atoms with Crippen LogP contribution in [0.2, 0.25) is 0 Å². The molecule has 1 rings (SSSR count). The summed E-state index contributed by atoms with van der Waals surface area (Å²) in [5.41, 5.74) is -0.450. The van der Waals surface area contributed by atoms with Crippen molar-refractivity contribution < 1.29 is 4.79 Å². The van der Waals surface area contributed by atoms with Gasteiger partial charge in [-0.15, -0.1) is 0 Å². The van der Waals surface area contributed by atoms with Crippen LogP contribution in [0.3, 0.4) is 0 Å². The third-order valence-corrected chi connectivity index (χ3v) is 3.52. The topological polar surface area (TPSA) is 35.6 Å². The normalized spacial score (nSPS) is 21.8. The molecule has 0 radical (unpaired) electrons. The quantitative estimate of drug-likeness (QED) is 0.773. The van der Waals surface area contributed by atoms with E-state index >= 15 is 0 Å². The molecule has 1 aliphatic rings. The molecule has 0 spiro atoms. The Balaban J connectivity index is 2.46. The first-order valence-electron chi connectivity index (χ1n) is 6.56. The van der Waals surface area contributed by atoms with E-state index in [9.17, 15) is 4.79 Å². The molecule has 4 nitrogen and oxygen atoms in total. The van der Waals surface area contributed by atoms with Gasteiger partial charge in [0.2, 0.25) is 5.91 Å². The van der Waals surface area contributed by atoms with E-state index in [4.69, 9.17) is 0 Å². The lowest BCUT2D eigenvalue weighted by atomic mass is 10.0. The molecule has 1 saturated heterocycles. The highest BCUT2D eigenvalue weighted by molar-refractivity contribution is 5.85. The van der Waals surface area contributed by atoms with Crippen LogP contribution < -0.4 is 5.32 Å². The van der Waals surface area contributed by atoms with E-state index in [-0.39, 0.29) is 5.91 Å². The van der Waals surface area contributed by atoms with Crippen LogP contribution >= 0.6 is 0 Å². The molecule has 1 aliphatic heterocycles. The Hall–Kier alpha value is -0.610. The Morgan fingerprint density at radius 1 is 1.53 bits per heavy atom. The maximum Gasteiger partial charge on any atom is 0.242 e. The lowest BCUT2D eigenvalue weighted by Gasteiger charge is -2.31. The monoisotopic (exact) mass is 241 g/mol. The van der Waals surface area contributed by atoms with Crippen molar-refractivity contribution in [1.82, 2.24) is 15.1 Å². The van der Waals surface area contributed by atoms with Crippen molar-refractivity contribution in [2.75, 3.05) is 40.3 Å². The van der Waals surface area contributed by atoms with Crippen molar-refractivity contribution in [3.63, 3.8) is 0 Å². The number of amides is 1. The minimum Gasteiger partial charge on any atom is -0.344 e. The Bertz CT molecular complexity index is 265. The summed E-state index contributed by atoms with van der Waals surface area (Å²) in [5, 5.41) is 3.23. The summed E-state index contributed by atoms with van der Waals surface area (Å²) in [6.07, 6.45) is 1.20. The van der Waals surface area contributed by atoms with Gasteiger partial charge in [-0.25, -0.2) is 0 Å². The van der Waals surface area contributed by atoms with E-state index in [0.29, 0.717) is 5.92 Å². The Labute approximate surface area is 105 Å². The third-order valence-electron chi connectivity index (χ3n) is 3.52. The van der Waals surface area contributed by atoms with Gasteiger partial charge in [-0.1, -0.05) is 6.92 Å². The van der Waals surface area contributed by atoms with Gasteiger partial charge in [0.1, 0.15) is 0 Å². The molecular weight excluding hydrogens is 214 g/mol. The van der Waals surface area contributed by atoms with E-state index in [1.165, 1.54) is 6.42 Å². The van der Waals surface area contributed by atoms with Crippen molar-refractivity contribution in [1.29, 1.82) is 0 Å². The van der Waals surface area contributed by atoms with Crippen LogP contribution in [0.15, 0.2) is 0 Å². The van der Waals surface area contributed by atoms with Crippen molar-refractivity contribution in [2.45, 2.75) is 32.7 Å². The van der Waals surface area contributed by atoms with Crippen LogP contribution in [0.1, 0.15) is 27.2 Å². The van der Waals surface area contributed by atoms with Gasteiger partial charge in [0, 0.05) is 20.1 Å². The first-order chi connectivity index (χ1) is 7.86. The predicted molar refractivity (Wildman–Crippen MR) is 71.0 cm³/mol. The van der Waals surface area contributed by atoms with E-state index in [1.54, 1.807) is 0 Å². The molecule has 1 unspecified atom stereocenters. The highest BCUT2D eigenvalue weighted by Crippen LogP contribution is 2.16. The average Bonchev–Trinajstić information content (AvgIpc) is 2.62. The van der Waals surface area contributed by atoms with Gasteiger partial charge in [0.15, 0.2) is 0 Å². The fourth-order valence-electron chi connectivity index (χ4n) is 2.64. The summed E-state index contributed by atoms with van der Waals surface area (Å²) in [7, 11) is 4.06. The number of rotatable bonds is 5. The highest BCUT2D eigenvalue weighted by Gasteiger charge is 2.31. The molecule has 0 aromatic rings. The summed E-state index contributed by atoms with van der Waals surface area (Å²) in [4.78, 5) is 16.5. The summed E-state index contributed by atoms with van der Waals surface area (Å²) in [5.74, 6) is 0.820. The number of hydrogen-bond donors (Lipinski definition) is 1. The molecule has 0 aromatic heterocycles. The second-order valence-electron chi connectivity index (χ2n) is 5.76. The van der Waals surface area contributed by atoms with Crippen LogP contribution in [0.5, 0.6) is 0 Å². The summed E-state index contributed by atoms with van der Waals surface area (Å²) >= 11 is 0. The molecule has 17 heavy (non-hydrogen) atoms. The van der Waals surface area contributed by atoms with E-state index in [0.717, 1.165) is 26.2 Å². The molecule has 1 atom stereocenters. The Morgan fingerprint density at radius 2 is 2.18 bits per heavy atom. The van der Waals surface area contributed by atoms with E-state index < -0.39 is 5.54 Å². The Kier molecular flexibility index (Phi) is 4.95. The molecule has 0 bridgehead atoms. The predicted octanol–water partition coefficient (Wildman–Crippen LogP) is 0.785. The van der Waals surface area contributed by atoms with E-state index in [2.05, 4.69) is 17.3 Å². The first kappa shape index (κ1) is 14.5. The fraction of sp³-hybridized carbons (Fsp3) is 0.923. The molecule has 1 fully saturated rings. The van der Waals surface area contributed by atoms with Gasteiger partial charge in [-0.2, -0.15) is 0 Å². The SMILES string of the molecule is CCNC(C)(C)C(=O)N(C)CC1CCN(C)C1. The van der Waals surface area contributed by atoms with Gasteiger partial charge in [0.25, 0.3) is 0 Å². The van der Waals surface area contributed by atoms with Gasteiger partial charge in [-0.05, 0) is 46.3 Å². The van der Waals surface area contributed by atoms with Gasteiger partial charge in [-0.3, -0.25) is 4.79 Å². The van der Waals surface area contributed by atoms with Crippen LogP contribution in [-0.2, 0) is 4.79 Å². The zero-order chi connectivity index (χ0) is 13.1. The summed E-state index contributed by atoms with van der Waals surface area (Å²) in [6, 6.07) is 0. The number of nitrogens with one attached hydrogen (secondary N) is 1. The summed E-state index contributed by atoms with van der Waals surface area (Å²) in [6.45, 7) is 9.90. The zero-order valence-corrected chi connectivity index (χ0v) is 11.9. The molecule has 0 aromatic carbocycles. The lowest BCUT2D eigenvalue weighted by molar-refractivity contribution is -0.136. The van der Waals surface area contributed by atoms with Crippen LogP contribution in [0.4, 0.5) is 0 Å². The van der Waals surface area contributed by atoms with Crippen molar-refractivity contribution in [2.24, 2.45) is 5.92 Å². The smallest absolute Gasteiger partial charge is 0.242 e. The minimum absolute atomic E-state index is 0.189. The minimum atomic E-state index is -0.450. The first-order valence-corrected chi connectivity index (χ1v) is 6.56. The lowest BCUT2D eigenvalue weighted by Crippen LogP contribution is -2.53. The third kappa shape index (κ3) is 3.96. The van der Waals surface area contributed by atoms with Gasteiger partial charge < -0.3 is 15.1 Å². The molecule has 4 heteroatoms. The number of likely N-dealkylation sites (tertiary alicyclic amines) is 1. The van der Waals surface area contributed by atoms with Gasteiger partial charge >= 0.3 is 0 Å². The second kappa shape index (κ2) is 5.83. The number of nitrogens with zero attached hydrogens (tertiary/aromatic N) is 2. The largest absolute Gasteiger partial charge is 0.344 e. The summed E-state index contributed by atoms with van der Waals surface area (Å²) < 4.78 is 0. The second-order valence-corrected chi connectivity index (χ2v) is 5.76. The van der Waals surface area contributed by atoms with Crippen LogP contribution in [0, 0.1) is 5.92 Å². The van der Waals surface area contributed by atoms with E-state index in [1.807, 2.05) is 32.7 Å². The van der Waals surface area contributed by atoms with Gasteiger partial charge in [0.05, 0.1) is 5.54 Å². The molecule has 0 aliphatic carbocycles. The van der Waals surface area contributed by atoms with Crippen LogP contribution in [-0.4, -0.2) is 61.5 Å². The molecule has 1 heterocycles. The Morgan fingerprint density at radius 3 is 2.65 bits per heavy atom. The zero-order valence-electron chi connectivity index (χ0n) is 11.9. The highest BCUT2D eigenvalue weighted by atomic mass is 16.2.